The van der Waals surface area contributed by atoms with Crippen LogP contribution in [0.4, 0.5) is 9.18 Å². The molecule has 3 aliphatic rings. The summed E-state index contributed by atoms with van der Waals surface area (Å²) in [5, 5.41) is 13.0. The summed E-state index contributed by atoms with van der Waals surface area (Å²) in [7, 11) is 0. The molecule has 6 nitrogen and oxygen atoms in total. The van der Waals surface area contributed by atoms with Gasteiger partial charge in [-0.3, -0.25) is 4.79 Å². The van der Waals surface area contributed by atoms with E-state index in [2.05, 4.69) is 5.32 Å². The van der Waals surface area contributed by atoms with Crippen molar-refractivity contribution in [1.29, 1.82) is 0 Å². The number of hydrogen-bond acceptors (Lipinski definition) is 3. The Kier molecular flexibility index (Phi) is 5.59. The second-order valence-electron chi connectivity index (χ2n) is 9.09. The molecular formula is C25H28FN3O3. The number of nitrogens with zero attached hydrogens (tertiary/aromatic N) is 2. The molecule has 32 heavy (non-hydrogen) atoms. The molecule has 2 heterocycles. The highest BCUT2D eigenvalue weighted by molar-refractivity contribution is 5.87. The van der Waals surface area contributed by atoms with Crippen molar-refractivity contribution >= 4 is 11.9 Å². The summed E-state index contributed by atoms with van der Waals surface area (Å²) < 4.78 is 13.6. The zero-order valence-electron chi connectivity index (χ0n) is 17.9. The molecule has 2 saturated heterocycles. The summed E-state index contributed by atoms with van der Waals surface area (Å²) in [6.45, 7) is 0.390. The van der Waals surface area contributed by atoms with Crippen LogP contribution in [0.5, 0.6) is 0 Å². The summed E-state index contributed by atoms with van der Waals surface area (Å²) in [6, 6.07) is 13.9. The lowest BCUT2D eigenvalue weighted by atomic mass is 9.73. The molecule has 2 aliphatic heterocycles. The van der Waals surface area contributed by atoms with Crippen molar-refractivity contribution in [3.63, 3.8) is 0 Å². The Balaban J connectivity index is 1.33. The van der Waals surface area contributed by atoms with Gasteiger partial charge in [0.2, 0.25) is 5.91 Å². The van der Waals surface area contributed by atoms with Crippen molar-refractivity contribution in [3.8, 4) is 11.1 Å². The molecule has 2 N–H and O–H groups in total. The van der Waals surface area contributed by atoms with E-state index in [4.69, 9.17) is 0 Å². The van der Waals surface area contributed by atoms with Gasteiger partial charge in [-0.25, -0.2) is 9.18 Å². The van der Waals surface area contributed by atoms with E-state index in [0.29, 0.717) is 6.54 Å². The molecule has 168 valence electrons. The monoisotopic (exact) mass is 437 g/mol. The van der Waals surface area contributed by atoms with Gasteiger partial charge in [-0.1, -0.05) is 49.2 Å². The molecule has 0 unspecified atom stereocenters. The van der Waals surface area contributed by atoms with Gasteiger partial charge in [0.1, 0.15) is 12.4 Å². The number of amides is 3. The van der Waals surface area contributed by atoms with E-state index in [1.807, 2.05) is 30.3 Å². The number of piperazine rings is 1. The van der Waals surface area contributed by atoms with Crippen molar-refractivity contribution in [3.05, 3.63) is 59.9 Å². The summed E-state index contributed by atoms with van der Waals surface area (Å²) >= 11 is 0. The molecule has 3 atom stereocenters. The third-order valence-electron chi connectivity index (χ3n) is 7.18. The lowest BCUT2D eigenvalue weighted by Crippen LogP contribution is -2.74. The first-order valence-electron chi connectivity index (χ1n) is 11.4. The molecule has 3 amide bonds. The van der Waals surface area contributed by atoms with Crippen LogP contribution in [-0.2, 0) is 4.79 Å². The first-order chi connectivity index (χ1) is 15.5. The predicted molar refractivity (Wildman–Crippen MR) is 118 cm³/mol. The minimum atomic E-state index is -0.285. The lowest BCUT2D eigenvalue weighted by molar-refractivity contribution is -0.159. The highest BCUT2D eigenvalue weighted by Crippen LogP contribution is 2.43. The minimum Gasteiger partial charge on any atom is -0.394 e. The maximum atomic E-state index is 13.6. The van der Waals surface area contributed by atoms with Crippen LogP contribution in [0.3, 0.4) is 0 Å². The highest BCUT2D eigenvalue weighted by atomic mass is 19.1. The Labute approximate surface area is 187 Å². The Bertz CT molecular complexity index is 1010. The second-order valence-corrected chi connectivity index (χ2v) is 9.09. The number of aliphatic hydroxyl groups is 1. The largest absolute Gasteiger partial charge is 0.394 e. The fraction of sp³-hybridized carbons (Fsp3) is 0.440. The summed E-state index contributed by atoms with van der Waals surface area (Å²) in [6.07, 6.45) is 4.25. The number of carbonyl (C=O) groups is 2. The third-order valence-corrected chi connectivity index (χ3v) is 7.18. The van der Waals surface area contributed by atoms with Crippen molar-refractivity contribution < 1.29 is 19.1 Å². The summed E-state index contributed by atoms with van der Waals surface area (Å²) in [5.74, 6) is -0.444. The highest BCUT2D eigenvalue weighted by Gasteiger charge is 2.54. The topological polar surface area (TPSA) is 72.9 Å². The van der Waals surface area contributed by atoms with E-state index >= 15 is 0 Å². The normalized spacial score (nSPS) is 25.4. The molecule has 7 heteroatoms. The summed E-state index contributed by atoms with van der Waals surface area (Å²) in [5.41, 5.74) is 2.71. The number of aliphatic hydroxyl groups excluding tert-OH is 1. The van der Waals surface area contributed by atoms with Crippen molar-refractivity contribution in [2.24, 2.45) is 0 Å². The van der Waals surface area contributed by atoms with Gasteiger partial charge in [0, 0.05) is 18.5 Å². The van der Waals surface area contributed by atoms with E-state index in [1.54, 1.807) is 15.9 Å². The van der Waals surface area contributed by atoms with Crippen molar-refractivity contribution in [2.45, 2.75) is 49.7 Å². The van der Waals surface area contributed by atoms with Gasteiger partial charge in [0.25, 0.3) is 0 Å². The first kappa shape index (κ1) is 20.9. The second kappa shape index (κ2) is 8.54. The quantitative estimate of drug-likeness (QED) is 0.772. The van der Waals surface area contributed by atoms with Gasteiger partial charge in [-0.2, -0.15) is 0 Å². The fourth-order valence-electron chi connectivity index (χ4n) is 5.56. The maximum Gasteiger partial charge on any atom is 0.318 e. The number of carbonyl (C=O) groups excluding carboxylic acids is 2. The van der Waals surface area contributed by atoms with Gasteiger partial charge in [-0.15, -0.1) is 0 Å². The Morgan fingerprint density at radius 2 is 1.84 bits per heavy atom. The van der Waals surface area contributed by atoms with E-state index < -0.39 is 0 Å². The van der Waals surface area contributed by atoms with Crippen molar-refractivity contribution in [1.82, 2.24) is 15.1 Å². The third kappa shape index (κ3) is 3.75. The molecule has 1 aliphatic carbocycles. The van der Waals surface area contributed by atoms with E-state index in [-0.39, 0.29) is 55.0 Å². The number of hydrogen-bond donors (Lipinski definition) is 2. The van der Waals surface area contributed by atoms with Crippen molar-refractivity contribution in [2.75, 3.05) is 19.7 Å². The van der Waals surface area contributed by atoms with Gasteiger partial charge in [0.15, 0.2) is 0 Å². The molecule has 3 fully saturated rings. The fourth-order valence-corrected chi connectivity index (χ4v) is 5.56. The number of urea groups is 1. The Morgan fingerprint density at radius 3 is 2.53 bits per heavy atom. The van der Waals surface area contributed by atoms with Gasteiger partial charge in [-0.05, 0) is 41.7 Å². The van der Waals surface area contributed by atoms with E-state index in [1.165, 1.54) is 12.1 Å². The van der Waals surface area contributed by atoms with Gasteiger partial charge < -0.3 is 20.2 Å². The smallest absolute Gasteiger partial charge is 0.318 e. The Morgan fingerprint density at radius 1 is 1.09 bits per heavy atom. The number of fused-ring (bicyclic) bond motifs is 1. The Hall–Kier alpha value is -2.93. The van der Waals surface area contributed by atoms with Crippen LogP contribution in [0, 0.1) is 5.82 Å². The molecule has 2 aromatic carbocycles. The minimum absolute atomic E-state index is 0.0485. The van der Waals surface area contributed by atoms with Gasteiger partial charge in [0.05, 0.1) is 18.7 Å². The molecule has 5 rings (SSSR count). The number of nitrogens with one attached hydrogen (secondary N) is 1. The average Bonchev–Trinajstić information content (AvgIpc) is 3.28. The zero-order valence-corrected chi connectivity index (χ0v) is 17.9. The molecule has 0 spiro atoms. The molecule has 1 saturated carbocycles. The van der Waals surface area contributed by atoms with Crippen LogP contribution in [-0.4, -0.2) is 64.7 Å². The lowest BCUT2D eigenvalue weighted by Gasteiger charge is -2.58. The first-order valence-corrected chi connectivity index (χ1v) is 11.4. The molecule has 2 aromatic rings. The van der Waals surface area contributed by atoms with Crippen LogP contribution >= 0.6 is 0 Å². The molecular weight excluding hydrogens is 409 g/mol. The average molecular weight is 438 g/mol. The van der Waals surface area contributed by atoms with Gasteiger partial charge >= 0.3 is 6.03 Å². The van der Waals surface area contributed by atoms with E-state index in [9.17, 15) is 19.1 Å². The van der Waals surface area contributed by atoms with Crippen LogP contribution in [0.25, 0.3) is 11.1 Å². The molecule has 0 aromatic heterocycles. The summed E-state index contributed by atoms with van der Waals surface area (Å²) in [4.78, 5) is 28.9. The van der Waals surface area contributed by atoms with E-state index in [0.717, 1.165) is 42.4 Å². The number of rotatable bonds is 4. The predicted octanol–water partition coefficient (Wildman–Crippen LogP) is 3.12. The van der Waals surface area contributed by atoms with Crippen LogP contribution in [0.2, 0.25) is 0 Å². The number of halogens is 1. The number of benzene rings is 2. The standard InChI is InChI=1S/C25H28FN3O3/c26-19-5-3-4-18(12-19)16-8-10-17(11-9-16)24-21-13-28(14-23(31)29(21)22(24)15-30)25(32)27-20-6-1-2-7-20/h3-5,8-12,20-22,24,30H,1-2,6-7,13-15H2,(H,27,32)/t21-,22-,24+/m0/s1. The van der Waals surface area contributed by atoms with Crippen LogP contribution in [0.1, 0.15) is 37.2 Å². The van der Waals surface area contributed by atoms with Crippen LogP contribution in [0.15, 0.2) is 48.5 Å². The van der Waals surface area contributed by atoms with Crippen LogP contribution < -0.4 is 5.32 Å². The zero-order chi connectivity index (χ0) is 22.2. The molecule has 0 radical (unpaired) electrons. The maximum absolute atomic E-state index is 13.6. The SMILES string of the molecule is O=C(NC1CCCC1)N1CC(=O)N2[C@@H](CO)[C@H](c3ccc(-c4cccc(F)c4)cc3)[C@@H]2C1. The molecule has 0 bridgehead atoms.